The lowest BCUT2D eigenvalue weighted by molar-refractivity contribution is -0.111. The van der Waals surface area contributed by atoms with Crippen LogP contribution >= 0.6 is 0 Å². The van der Waals surface area contributed by atoms with Crippen LogP contribution in [0.5, 0.6) is 5.75 Å². The number of allylic oxidation sites excluding steroid dienone is 5. The Balaban J connectivity index is 1.53. The van der Waals surface area contributed by atoms with Gasteiger partial charge in [0, 0.05) is 16.7 Å². The average molecular weight is 619 g/mol. The number of rotatable bonds is 7. The second kappa shape index (κ2) is 14.1. The first-order valence-electron chi connectivity index (χ1n) is 17.9. The number of phenolic OH excluding ortho intramolecular Hbond substituents is 1. The van der Waals surface area contributed by atoms with Crippen molar-refractivity contribution >= 4 is 16.9 Å². The molecule has 0 bridgehead atoms. The van der Waals surface area contributed by atoms with Crippen LogP contribution in [0.4, 0.5) is 0 Å². The fraction of sp³-hybridized carbons (Fsp3) is 0.311. The van der Waals surface area contributed by atoms with Gasteiger partial charge in [-0.05, 0) is 113 Å². The molecule has 3 aliphatic carbocycles. The van der Waals surface area contributed by atoms with Crippen molar-refractivity contribution in [2.24, 2.45) is 5.92 Å². The maximum atomic E-state index is 14.3. The Bertz CT molecular complexity index is 1830. The van der Waals surface area contributed by atoms with E-state index in [1.807, 2.05) is 36.4 Å². The number of benzene rings is 4. The standard InChI is InChI=1S/C45H46O2/c1-2-31-16-15-25-36(26-31)43(37-27-39(32-17-7-3-8-18-32)44(46)40(28-37)33-19-9-4-10-20-33)38-29-41(34-21-11-5-12-22-34)45(47)42(30-38)35-23-13-6-14-24-35/h3,5,7-8,11-12,15-18,21-22,25-30,33,35,46H,2,4,6,9-10,13-14,19-20,23-24H2,1H3/b43-38-. The number of hydrogen-bond donors (Lipinski definition) is 1. The lowest BCUT2D eigenvalue weighted by Crippen LogP contribution is -2.20. The molecule has 0 amide bonds. The molecule has 0 heterocycles. The second-order valence-electron chi connectivity index (χ2n) is 13.7. The molecule has 0 spiro atoms. The molecule has 0 radical (unpaired) electrons. The highest BCUT2D eigenvalue weighted by molar-refractivity contribution is 6.31. The number of carbonyl (C=O) groups excluding carboxylic acids is 1. The third kappa shape index (κ3) is 6.57. The second-order valence-corrected chi connectivity index (χ2v) is 13.7. The minimum atomic E-state index is 0.173. The predicted octanol–water partition coefficient (Wildman–Crippen LogP) is 11.6. The van der Waals surface area contributed by atoms with Crippen LogP contribution < -0.4 is 0 Å². The third-order valence-corrected chi connectivity index (χ3v) is 10.7. The third-order valence-electron chi connectivity index (χ3n) is 10.7. The number of phenols is 1. The van der Waals surface area contributed by atoms with Gasteiger partial charge in [-0.15, -0.1) is 0 Å². The van der Waals surface area contributed by atoms with E-state index in [1.54, 1.807) is 0 Å². The van der Waals surface area contributed by atoms with E-state index in [9.17, 15) is 9.90 Å². The van der Waals surface area contributed by atoms with Crippen LogP contribution in [-0.4, -0.2) is 10.9 Å². The summed E-state index contributed by atoms with van der Waals surface area (Å²) >= 11 is 0. The maximum Gasteiger partial charge on any atom is 0.189 e. The van der Waals surface area contributed by atoms with E-state index in [-0.39, 0.29) is 11.7 Å². The van der Waals surface area contributed by atoms with Crippen molar-refractivity contribution in [3.8, 4) is 16.9 Å². The lowest BCUT2D eigenvalue weighted by atomic mass is 9.75. The van der Waals surface area contributed by atoms with Gasteiger partial charge < -0.3 is 5.11 Å². The molecule has 1 N–H and O–H groups in total. The molecule has 2 heteroatoms. The molecular weight excluding hydrogens is 572 g/mol. The van der Waals surface area contributed by atoms with Crippen molar-refractivity contribution in [3.63, 3.8) is 0 Å². The number of ketones is 1. The van der Waals surface area contributed by atoms with Gasteiger partial charge in [0.25, 0.3) is 0 Å². The summed E-state index contributed by atoms with van der Waals surface area (Å²) in [6.07, 6.45) is 16.9. The minimum Gasteiger partial charge on any atom is -0.507 e. The van der Waals surface area contributed by atoms with Gasteiger partial charge in [-0.1, -0.05) is 130 Å². The van der Waals surface area contributed by atoms with E-state index in [2.05, 4.69) is 79.7 Å². The summed E-state index contributed by atoms with van der Waals surface area (Å²) in [6, 6.07) is 33.9. The Kier molecular flexibility index (Phi) is 9.38. The summed E-state index contributed by atoms with van der Waals surface area (Å²) in [6.45, 7) is 2.20. The number of aromatic hydroxyl groups is 1. The van der Waals surface area contributed by atoms with Crippen molar-refractivity contribution in [2.75, 3.05) is 0 Å². The molecule has 0 saturated heterocycles. The van der Waals surface area contributed by atoms with Gasteiger partial charge in [0.1, 0.15) is 5.75 Å². The van der Waals surface area contributed by atoms with E-state index >= 15 is 0 Å². The van der Waals surface area contributed by atoms with E-state index < -0.39 is 0 Å². The molecule has 4 aromatic carbocycles. The van der Waals surface area contributed by atoms with E-state index in [4.69, 9.17) is 0 Å². The van der Waals surface area contributed by atoms with Crippen LogP contribution in [0.1, 0.15) is 105 Å². The van der Waals surface area contributed by atoms with Crippen molar-refractivity contribution in [3.05, 3.63) is 148 Å². The Hall–Kier alpha value is -4.43. The first-order valence-corrected chi connectivity index (χ1v) is 17.9. The van der Waals surface area contributed by atoms with Gasteiger partial charge in [-0.2, -0.15) is 0 Å². The molecule has 2 saturated carbocycles. The minimum absolute atomic E-state index is 0.173. The quantitative estimate of drug-likeness (QED) is 0.224. The summed E-state index contributed by atoms with van der Waals surface area (Å²) in [5.74, 6) is 1.19. The molecule has 7 rings (SSSR count). The van der Waals surface area contributed by atoms with Gasteiger partial charge in [0.2, 0.25) is 0 Å². The molecule has 0 aromatic heterocycles. The summed E-state index contributed by atoms with van der Waals surface area (Å²) in [4.78, 5) is 14.3. The lowest BCUT2D eigenvalue weighted by Gasteiger charge is -2.28. The average Bonchev–Trinajstić information content (AvgIpc) is 3.14. The fourth-order valence-corrected chi connectivity index (χ4v) is 8.16. The van der Waals surface area contributed by atoms with Crippen LogP contribution in [0.2, 0.25) is 0 Å². The first kappa shape index (κ1) is 31.2. The van der Waals surface area contributed by atoms with Crippen molar-refractivity contribution in [2.45, 2.75) is 83.5 Å². The molecule has 0 aliphatic heterocycles. The van der Waals surface area contributed by atoms with Gasteiger partial charge in [-0.3, -0.25) is 4.79 Å². The fourth-order valence-electron chi connectivity index (χ4n) is 8.16. The monoisotopic (exact) mass is 618 g/mol. The van der Waals surface area contributed by atoms with Crippen molar-refractivity contribution in [1.82, 2.24) is 0 Å². The smallest absolute Gasteiger partial charge is 0.189 e. The summed E-state index contributed by atoms with van der Waals surface area (Å²) < 4.78 is 0. The zero-order valence-electron chi connectivity index (χ0n) is 27.7. The van der Waals surface area contributed by atoms with Crippen LogP contribution in [-0.2, 0) is 11.2 Å². The molecule has 47 heavy (non-hydrogen) atoms. The maximum absolute atomic E-state index is 14.3. The Morgan fingerprint density at radius 2 is 1.30 bits per heavy atom. The normalized spacial score (nSPS) is 18.9. The highest BCUT2D eigenvalue weighted by Gasteiger charge is 2.30. The highest BCUT2D eigenvalue weighted by Crippen LogP contribution is 2.46. The van der Waals surface area contributed by atoms with Gasteiger partial charge >= 0.3 is 0 Å². The van der Waals surface area contributed by atoms with Crippen LogP contribution in [0.15, 0.2) is 120 Å². The van der Waals surface area contributed by atoms with Gasteiger partial charge in [0.05, 0.1) is 0 Å². The number of hydrogen-bond acceptors (Lipinski definition) is 2. The van der Waals surface area contributed by atoms with Crippen LogP contribution in [0.3, 0.4) is 0 Å². The van der Waals surface area contributed by atoms with E-state index in [0.717, 1.165) is 87.8 Å². The van der Waals surface area contributed by atoms with Crippen molar-refractivity contribution < 1.29 is 9.90 Å². The molecule has 238 valence electrons. The number of Topliss-reactive ketones (excluding diaryl/α,β-unsaturated/α-hetero) is 1. The zero-order valence-corrected chi connectivity index (χ0v) is 27.7. The first-order chi connectivity index (χ1) is 23.1. The zero-order chi connectivity index (χ0) is 32.2. The Labute approximate surface area is 280 Å². The van der Waals surface area contributed by atoms with Gasteiger partial charge in [0.15, 0.2) is 5.78 Å². The van der Waals surface area contributed by atoms with Crippen LogP contribution in [0, 0.1) is 5.92 Å². The number of carbonyl (C=O) groups is 1. The molecular formula is C45H46O2. The largest absolute Gasteiger partial charge is 0.507 e. The molecule has 0 unspecified atom stereocenters. The molecule has 4 aromatic rings. The van der Waals surface area contributed by atoms with Crippen molar-refractivity contribution in [1.29, 1.82) is 0 Å². The topological polar surface area (TPSA) is 37.3 Å². The van der Waals surface area contributed by atoms with Gasteiger partial charge in [-0.25, -0.2) is 0 Å². The summed E-state index contributed by atoms with van der Waals surface area (Å²) in [5.41, 5.74) is 11.4. The summed E-state index contributed by atoms with van der Waals surface area (Å²) in [5, 5.41) is 11.9. The predicted molar refractivity (Wildman–Crippen MR) is 195 cm³/mol. The molecule has 0 atom stereocenters. The highest BCUT2D eigenvalue weighted by atomic mass is 16.3. The molecule has 3 aliphatic rings. The molecule has 2 nitrogen and oxygen atoms in total. The van der Waals surface area contributed by atoms with E-state index in [0.29, 0.717) is 11.7 Å². The Morgan fingerprint density at radius 3 is 1.96 bits per heavy atom. The summed E-state index contributed by atoms with van der Waals surface area (Å²) in [7, 11) is 0. The Morgan fingerprint density at radius 1 is 0.660 bits per heavy atom. The van der Waals surface area contributed by atoms with E-state index in [1.165, 1.54) is 44.1 Å². The number of aryl methyl sites for hydroxylation is 1. The SMILES string of the molecule is CCc1cccc(/C(=C2\C=C(c3ccccc3)C(=O)C(C3CCCCC3)=C2)c2cc(-c3ccccc3)c(O)c(C3CCCCC3)c2)c1. The van der Waals surface area contributed by atoms with Crippen LogP contribution in [0.25, 0.3) is 22.3 Å². The molecule has 2 fully saturated rings.